The van der Waals surface area contributed by atoms with Crippen LogP contribution in [0, 0.1) is 5.82 Å². The molecule has 0 saturated heterocycles. The van der Waals surface area contributed by atoms with E-state index >= 15 is 0 Å². The molecule has 1 amide bonds. The summed E-state index contributed by atoms with van der Waals surface area (Å²) < 4.78 is 14.9. The summed E-state index contributed by atoms with van der Waals surface area (Å²) in [4.78, 5) is 35.1. The number of aliphatic hydroxyl groups is 1. The third kappa shape index (κ3) is 4.78. The highest BCUT2D eigenvalue weighted by atomic mass is 19.1. The minimum atomic E-state index is -0.773. The Labute approximate surface area is 188 Å². The number of benzene rings is 2. The van der Waals surface area contributed by atoms with Crippen LogP contribution in [0.25, 0.3) is 22.5 Å². The van der Waals surface area contributed by atoms with Gasteiger partial charge in [-0.3, -0.25) is 9.59 Å². The minimum absolute atomic E-state index is 0.0872. The number of carbonyl (C=O) groups is 1. The molecule has 0 aliphatic heterocycles. The van der Waals surface area contributed by atoms with Crippen LogP contribution in [0.5, 0.6) is 0 Å². The van der Waals surface area contributed by atoms with E-state index < -0.39 is 17.8 Å². The Morgan fingerprint density at radius 3 is 2.55 bits per heavy atom. The van der Waals surface area contributed by atoms with E-state index in [4.69, 9.17) is 5.73 Å². The molecule has 0 unspecified atom stereocenters. The summed E-state index contributed by atoms with van der Waals surface area (Å²) in [6.45, 7) is -0.334. The summed E-state index contributed by atoms with van der Waals surface area (Å²) >= 11 is 0. The number of carbonyl (C=O) groups excluding carboxylic acids is 1. The Balaban J connectivity index is 1.61. The van der Waals surface area contributed by atoms with Crippen LogP contribution in [0.4, 0.5) is 10.2 Å². The first-order valence-electron chi connectivity index (χ1n) is 10.0. The number of nitrogens with one attached hydrogen (secondary N) is 2. The van der Waals surface area contributed by atoms with E-state index in [1.54, 1.807) is 30.3 Å². The Hall–Kier alpha value is -4.37. The van der Waals surface area contributed by atoms with E-state index in [-0.39, 0.29) is 29.2 Å². The normalized spacial score (nSPS) is 11.7. The zero-order chi connectivity index (χ0) is 23.4. The highest BCUT2D eigenvalue weighted by molar-refractivity contribution is 5.95. The number of anilines is 1. The minimum Gasteiger partial charge on any atom is -0.394 e. The van der Waals surface area contributed by atoms with Crippen LogP contribution in [0.15, 0.2) is 77.9 Å². The number of aromatic nitrogens is 3. The van der Waals surface area contributed by atoms with E-state index in [0.717, 1.165) is 6.07 Å². The number of aromatic amines is 1. The van der Waals surface area contributed by atoms with Gasteiger partial charge in [-0.2, -0.15) is 0 Å². The summed E-state index contributed by atoms with van der Waals surface area (Å²) in [6.07, 6.45) is 2.94. The first kappa shape index (κ1) is 21.8. The van der Waals surface area contributed by atoms with Gasteiger partial charge in [-0.05, 0) is 23.8 Å². The van der Waals surface area contributed by atoms with Gasteiger partial charge in [0.15, 0.2) is 0 Å². The van der Waals surface area contributed by atoms with Gasteiger partial charge in [-0.1, -0.05) is 36.4 Å². The summed E-state index contributed by atoms with van der Waals surface area (Å²) in [5, 5.41) is 12.3. The average Bonchev–Trinajstić information content (AvgIpc) is 2.83. The first-order valence-corrected chi connectivity index (χ1v) is 10.0. The van der Waals surface area contributed by atoms with Crippen molar-refractivity contribution in [2.75, 3.05) is 12.3 Å². The van der Waals surface area contributed by atoms with Crippen molar-refractivity contribution in [3.05, 3.63) is 100 Å². The van der Waals surface area contributed by atoms with Crippen molar-refractivity contribution in [3.8, 4) is 22.5 Å². The SMILES string of the molecule is Nc1ncc(-c2ccc(=O)[nH]c2)nc1-c1ccc(C(=O)N[C@H](CO)c2ccccc2)c(F)c1. The van der Waals surface area contributed by atoms with Crippen LogP contribution in [-0.4, -0.2) is 32.6 Å². The molecule has 0 bridgehead atoms. The maximum absolute atomic E-state index is 14.9. The lowest BCUT2D eigenvalue weighted by Gasteiger charge is -2.17. The average molecular weight is 445 g/mol. The van der Waals surface area contributed by atoms with Crippen LogP contribution < -0.4 is 16.6 Å². The van der Waals surface area contributed by atoms with Gasteiger partial charge >= 0.3 is 0 Å². The number of halogens is 1. The van der Waals surface area contributed by atoms with Crippen LogP contribution in [0.1, 0.15) is 22.0 Å². The second-order valence-electron chi connectivity index (χ2n) is 7.24. The summed E-state index contributed by atoms with van der Waals surface area (Å²) in [6, 6.07) is 15.2. The maximum atomic E-state index is 14.9. The zero-order valence-corrected chi connectivity index (χ0v) is 17.3. The Kier molecular flexibility index (Phi) is 6.23. The monoisotopic (exact) mass is 445 g/mol. The first-order chi connectivity index (χ1) is 16.0. The van der Waals surface area contributed by atoms with Crippen LogP contribution in [0.3, 0.4) is 0 Å². The lowest BCUT2D eigenvalue weighted by atomic mass is 10.0. The lowest BCUT2D eigenvalue weighted by Crippen LogP contribution is -2.31. The summed E-state index contributed by atoms with van der Waals surface area (Å²) in [5.74, 6) is -1.35. The van der Waals surface area contributed by atoms with E-state index in [9.17, 15) is 19.1 Å². The Bertz CT molecular complexity index is 1340. The molecule has 0 radical (unpaired) electrons. The largest absolute Gasteiger partial charge is 0.394 e. The maximum Gasteiger partial charge on any atom is 0.254 e. The second-order valence-corrected chi connectivity index (χ2v) is 7.24. The fourth-order valence-corrected chi connectivity index (χ4v) is 3.32. The van der Waals surface area contributed by atoms with Gasteiger partial charge in [-0.15, -0.1) is 0 Å². The summed E-state index contributed by atoms with van der Waals surface area (Å²) in [5.41, 5.74) is 7.84. The highest BCUT2D eigenvalue weighted by Crippen LogP contribution is 2.27. The molecule has 0 aliphatic carbocycles. The van der Waals surface area contributed by atoms with Gasteiger partial charge in [0.25, 0.3) is 5.91 Å². The smallest absolute Gasteiger partial charge is 0.254 e. The third-order valence-electron chi connectivity index (χ3n) is 5.06. The number of nitrogen functional groups attached to an aromatic ring is 1. The number of nitrogens with zero attached hydrogens (tertiary/aromatic N) is 2. The van der Waals surface area contributed by atoms with E-state index in [2.05, 4.69) is 20.3 Å². The highest BCUT2D eigenvalue weighted by Gasteiger charge is 2.19. The summed E-state index contributed by atoms with van der Waals surface area (Å²) in [7, 11) is 0. The number of hydrogen-bond acceptors (Lipinski definition) is 6. The molecule has 0 aliphatic rings. The lowest BCUT2D eigenvalue weighted by molar-refractivity contribution is 0.0912. The predicted molar refractivity (Wildman–Crippen MR) is 122 cm³/mol. The van der Waals surface area contributed by atoms with Crippen molar-refractivity contribution in [2.45, 2.75) is 6.04 Å². The van der Waals surface area contributed by atoms with E-state index in [1.165, 1.54) is 30.6 Å². The molecule has 5 N–H and O–H groups in total. The molecule has 1 atom stereocenters. The topological polar surface area (TPSA) is 134 Å². The molecule has 8 nitrogen and oxygen atoms in total. The van der Waals surface area contributed by atoms with Gasteiger partial charge < -0.3 is 21.1 Å². The molecule has 166 valence electrons. The van der Waals surface area contributed by atoms with Gasteiger partial charge in [0, 0.05) is 23.4 Å². The van der Waals surface area contributed by atoms with Crippen molar-refractivity contribution >= 4 is 11.7 Å². The van der Waals surface area contributed by atoms with E-state index in [1.807, 2.05) is 6.07 Å². The van der Waals surface area contributed by atoms with Crippen molar-refractivity contribution in [1.29, 1.82) is 0 Å². The third-order valence-corrected chi connectivity index (χ3v) is 5.06. The van der Waals surface area contributed by atoms with Crippen molar-refractivity contribution in [2.24, 2.45) is 0 Å². The van der Waals surface area contributed by atoms with Crippen LogP contribution in [-0.2, 0) is 0 Å². The molecule has 9 heteroatoms. The number of aliphatic hydroxyl groups excluding tert-OH is 1. The number of amides is 1. The fourth-order valence-electron chi connectivity index (χ4n) is 3.32. The standard InChI is InChI=1S/C24H20FN5O3/c25-18-10-15(22-23(26)28-12-19(29-22)16-7-9-21(32)27-11-16)6-8-17(18)24(33)30-20(13-31)14-4-2-1-3-5-14/h1-12,20,31H,13H2,(H2,26,28)(H,27,32)(H,30,33)/t20-/m1/s1. The molecule has 2 heterocycles. The molecule has 0 saturated carbocycles. The Morgan fingerprint density at radius 1 is 1.12 bits per heavy atom. The fraction of sp³-hybridized carbons (Fsp3) is 0.0833. The van der Waals surface area contributed by atoms with Crippen LogP contribution in [0.2, 0.25) is 0 Å². The number of pyridine rings is 1. The second kappa shape index (κ2) is 9.41. The number of rotatable bonds is 6. The van der Waals surface area contributed by atoms with Gasteiger partial charge in [0.2, 0.25) is 5.56 Å². The van der Waals surface area contributed by atoms with E-state index in [0.29, 0.717) is 22.4 Å². The van der Waals surface area contributed by atoms with Crippen molar-refractivity contribution < 1.29 is 14.3 Å². The predicted octanol–water partition coefficient (Wildman–Crippen LogP) is 2.68. The quantitative estimate of drug-likeness (QED) is 0.361. The number of H-pyrrole nitrogens is 1. The number of hydrogen-bond donors (Lipinski definition) is 4. The van der Waals surface area contributed by atoms with Crippen molar-refractivity contribution in [3.63, 3.8) is 0 Å². The Morgan fingerprint density at radius 2 is 1.88 bits per heavy atom. The molecule has 2 aromatic heterocycles. The molecule has 4 aromatic rings. The molecule has 0 spiro atoms. The zero-order valence-electron chi connectivity index (χ0n) is 17.3. The molecule has 4 rings (SSSR count). The molecule has 2 aromatic carbocycles. The van der Waals surface area contributed by atoms with Gasteiger partial charge in [0.05, 0.1) is 30.1 Å². The molecular formula is C24H20FN5O3. The molecular weight excluding hydrogens is 425 g/mol. The van der Waals surface area contributed by atoms with Crippen molar-refractivity contribution in [1.82, 2.24) is 20.3 Å². The van der Waals surface area contributed by atoms with Gasteiger partial charge in [-0.25, -0.2) is 14.4 Å². The van der Waals surface area contributed by atoms with Crippen LogP contribution >= 0.6 is 0 Å². The number of nitrogens with two attached hydrogens (primary N) is 1. The molecule has 33 heavy (non-hydrogen) atoms. The van der Waals surface area contributed by atoms with Gasteiger partial charge in [0.1, 0.15) is 17.3 Å². The molecule has 0 fully saturated rings.